The van der Waals surface area contributed by atoms with E-state index >= 15 is 0 Å². The number of hydrogen-bond acceptors (Lipinski definition) is 4. The van der Waals surface area contributed by atoms with Gasteiger partial charge in [0.2, 0.25) is 0 Å². The normalized spacial score (nSPS) is 19.9. The molecule has 0 amide bonds. The highest BCUT2D eigenvalue weighted by molar-refractivity contribution is 5.49. The summed E-state index contributed by atoms with van der Waals surface area (Å²) in [4.78, 5) is 0. The summed E-state index contributed by atoms with van der Waals surface area (Å²) in [7, 11) is 1.64. The maximum Gasteiger partial charge on any atom is 0.165 e. The monoisotopic (exact) mass is 251 g/mol. The van der Waals surface area contributed by atoms with E-state index in [4.69, 9.17) is 19.9 Å². The van der Waals surface area contributed by atoms with Crippen molar-refractivity contribution < 1.29 is 14.2 Å². The van der Waals surface area contributed by atoms with Gasteiger partial charge in [-0.3, -0.25) is 0 Å². The average molecular weight is 251 g/mol. The van der Waals surface area contributed by atoms with E-state index < -0.39 is 5.54 Å². The SMILES string of the molecule is COc1c(OC2CCOC2)cccc1C(C)(C)N. The highest BCUT2D eigenvalue weighted by Crippen LogP contribution is 2.37. The first-order valence-corrected chi connectivity index (χ1v) is 6.23. The lowest BCUT2D eigenvalue weighted by atomic mass is 9.94. The van der Waals surface area contributed by atoms with Gasteiger partial charge in [0.25, 0.3) is 0 Å². The van der Waals surface area contributed by atoms with Crippen molar-refractivity contribution in [2.45, 2.75) is 31.9 Å². The van der Waals surface area contributed by atoms with Gasteiger partial charge in [-0.05, 0) is 19.9 Å². The molecule has 1 aliphatic heterocycles. The quantitative estimate of drug-likeness (QED) is 0.890. The fourth-order valence-corrected chi connectivity index (χ4v) is 2.11. The molecule has 0 spiro atoms. The van der Waals surface area contributed by atoms with Crippen LogP contribution in [0, 0.1) is 0 Å². The van der Waals surface area contributed by atoms with Crippen LogP contribution in [-0.4, -0.2) is 26.4 Å². The summed E-state index contributed by atoms with van der Waals surface area (Å²) in [6.45, 7) is 5.30. The highest BCUT2D eigenvalue weighted by atomic mass is 16.6. The molecule has 0 saturated carbocycles. The molecule has 1 aromatic carbocycles. The Morgan fingerprint density at radius 3 is 2.72 bits per heavy atom. The van der Waals surface area contributed by atoms with Crippen LogP contribution in [0.5, 0.6) is 11.5 Å². The Morgan fingerprint density at radius 1 is 1.39 bits per heavy atom. The summed E-state index contributed by atoms with van der Waals surface area (Å²) in [5.74, 6) is 1.46. The Bertz CT molecular complexity index is 406. The van der Waals surface area contributed by atoms with Gasteiger partial charge in [-0.1, -0.05) is 12.1 Å². The van der Waals surface area contributed by atoms with E-state index in [1.165, 1.54) is 0 Å². The van der Waals surface area contributed by atoms with Crippen LogP contribution < -0.4 is 15.2 Å². The number of rotatable bonds is 4. The second-order valence-corrected chi connectivity index (χ2v) is 5.16. The maximum atomic E-state index is 6.15. The van der Waals surface area contributed by atoms with Gasteiger partial charge in [-0.25, -0.2) is 0 Å². The van der Waals surface area contributed by atoms with Crippen molar-refractivity contribution >= 4 is 0 Å². The van der Waals surface area contributed by atoms with Crippen LogP contribution in [0.3, 0.4) is 0 Å². The van der Waals surface area contributed by atoms with Gasteiger partial charge in [-0.2, -0.15) is 0 Å². The summed E-state index contributed by atoms with van der Waals surface area (Å²) < 4.78 is 16.7. The zero-order valence-corrected chi connectivity index (χ0v) is 11.2. The largest absolute Gasteiger partial charge is 0.493 e. The van der Waals surface area contributed by atoms with Crippen molar-refractivity contribution in [1.82, 2.24) is 0 Å². The second kappa shape index (κ2) is 5.16. The smallest absolute Gasteiger partial charge is 0.165 e. The van der Waals surface area contributed by atoms with Gasteiger partial charge in [0.15, 0.2) is 11.5 Å². The number of benzene rings is 1. The molecule has 0 aromatic heterocycles. The zero-order valence-electron chi connectivity index (χ0n) is 11.2. The minimum absolute atomic E-state index is 0.107. The van der Waals surface area contributed by atoms with Gasteiger partial charge in [-0.15, -0.1) is 0 Å². The molecule has 1 unspecified atom stereocenters. The molecule has 0 aliphatic carbocycles. The van der Waals surface area contributed by atoms with Crippen LogP contribution in [0.2, 0.25) is 0 Å². The van der Waals surface area contributed by atoms with Crippen LogP contribution in [0.4, 0.5) is 0 Å². The van der Waals surface area contributed by atoms with Crippen LogP contribution in [0.1, 0.15) is 25.8 Å². The van der Waals surface area contributed by atoms with Crippen molar-refractivity contribution in [3.63, 3.8) is 0 Å². The van der Waals surface area contributed by atoms with E-state index in [0.717, 1.165) is 30.1 Å². The van der Waals surface area contributed by atoms with Crippen molar-refractivity contribution in [3.05, 3.63) is 23.8 Å². The second-order valence-electron chi connectivity index (χ2n) is 5.16. The van der Waals surface area contributed by atoms with E-state index in [2.05, 4.69) is 0 Å². The number of hydrogen-bond donors (Lipinski definition) is 1. The van der Waals surface area contributed by atoms with E-state index in [0.29, 0.717) is 6.61 Å². The minimum atomic E-state index is -0.461. The molecule has 0 bridgehead atoms. The summed E-state index contributed by atoms with van der Waals surface area (Å²) in [6.07, 6.45) is 1.02. The molecular weight excluding hydrogens is 230 g/mol. The first-order chi connectivity index (χ1) is 8.52. The lowest BCUT2D eigenvalue weighted by molar-refractivity contribution is 0.138. The molecule has 4 heteroatoms. The Morgan fingerprint density at radius 2 is 2.17 bits per heavy atom. The van der Waals surface area contributed by atoms with Crippen molar-refractivity contribution in [3.8, 4) is 11.5 Å². The third-order valence-corrected chi connectivity index (χ3v) is 3.06. The summed E-state index contributed by atoms with van der Waals surface area (Å²) in [5, 5.41) is 0. The van der Waals surface area contributed by atoms with Crippen molar-refractivity contribution in [2.75, 3.05) is 20.3 Å². The third-order valence-electron chi connectivity index (χ3n) is 3.06. The number of para-hydroxylation sites is 1. The van der Waals surface area contributed by atoms with Crippen LogP contribution in [-0.2, 0) is 10.3 Å². The van der Waals surface area contributed by atoms with Crippen molar-refractivity contribution in [1.29, 1.82) is 0 Å². The van der Waals surface area contributed by atoms with Gasteiger partial charge in [0.05, 0.1) is 20.3 Å². The molecule has 1 saturated heterocycles. The molecule has 2 rings (SSSR count). The Balaban J connectivity index is 2.29. The topological polar surface area (TPSA) is 53.7 Å². The molecular formula is C14H21NO3. The van der Waals surface area contributed by atoms with E-state index in [9.17, 15) is 0 Å². The third kappa shape index (κ3) is 2.76. The molecule has 1 fully saturated rings. The van der Waals surface area contributed by atoms with Crippen LogP contribution in [0.15, 0.2) is 18.2 Å². The highest BCUT2D eigenvalue weighted by Gasteiger charge is 2.24. The Hall–Kier alpha value is -1.26. The standard InChI is InChI=1S/C14H21NO3/c1-14(2,15)11-5-4-6-12(13(11)16-3)18-10-7-8-17-9-10/h4-6,10H,7-9,15H2,1-3H3. The van der Waals surface area contributed by atoms with E-state index in [-0.39, 0.29) is 6.10 Å². The maximum absolute atomic E-state index is 6.15. The van der Waals surface area contributed by atoms with Gasteiger partial charge >= 0.3 is 0 Å². The Kier molecular flexibility index (Phi) is 3.78. The van der Waals surface area contributed by atoms with Gasteiger partial charge < -0.3 is 19.9 Å². The first-order valence-electron chi connectivity index (χ1n) is 6.23. The molecule has 1 heterocycles. The fourth-order valence-electron chi connectivity index (χ4n) is 2.11. The lowest BCUT2D eigenvalue weighted by Gasteiger charge is -2.24. The van der Waals surface area contributed by atoms with Gasteiger partial charge in [0.1, 0.15) is 6.10 Å². The minimum Gasteiger partial charge on any atom is -0.493 e. The van der Waals surface area contributed by atoms with E-state index in [1.807, 2.05) is 32.0 Å². The van der Waals surface area contributed by atoms with E-state index in [1.54, 1.807) is 7.11 Å². The predicted octanol–water partition coefficient (Wildman–Crippen LogP) is 2.06. The van der Waals surface area contributed by atoms with Gasteiger partial charge in [0, 0.05) is 17.5 Å². The van der Waals surface area contributed by atoms with Crippen LogP contribution in [0.25, 0.3) is 0 Å². The molecule has 1 aliphatic rings. The predicted molar refractivity (Wildman–Crippen MR) is 70.1 cm³/mol. The molecule has 0 radical (unpaired) electrons. The number of methoxy groups -OCH3 is 1. The average Bonchev–Trinajstić information content (AvgIpc) is 2.80. The summed E-state index contributed by atoms with van der Waals surface area (Å²) in [5.41, 5.74) is 6.63. The summed E-state index contributed by atoms with van der Waals surface area (Å²) >= 11 is 0. The zero-order chi connectivity index (χ0) is 13.2. The summed E-state index contributed by atoms with van der Waals surface area (Å²) in [6, 6.07) is 5.82. The molecule has 4 nitrogen and oxygen atoms in total. The molecule has 1 atom stereocenters. The number of nitrogens with two attached hydrogens (primary N) is 1. The first kappa shape index (κ1) is 13.2. The Labute approximate surface area is 108 Å². The molecule has 18 heavy (non-hydrogen) atoms. The van der Waals surface area contributed by atoms with Crippen LogP contribution >= 0.6 is 0 Å². The number of ether oxygens (including phenoxy) is 3. The fraction of sp³-hybridized carbons (Fsp3) is 0.571. The molecule has 2 N–H and O–H groups in total. The lowest BCUT2D eigenvalue weighted by Crippen LogP contribution is -2.29. The molecule has 1 aromatic rings. The molecule has 100 valence electrons. The van der Waals surface area contributed by atoms with Crippen molar-refractivity contribution in [2.24, 2.45) is 5.73 Å².